The highest BCUT2D eigenvalue weighted by Gasteiger charge is 2.38. The summed E-state index contributed by atoms with van der Waals surface area (Å²) in [7, 11) is 0. The van der Waals surface area contributed by atoms with Crippen LogP contribution in [0.3, 0.4) is 0 Å². The summed E-state index contributed by atoms with van der Waals surface area (Å²) in [6.45, 7) is 5.09. The van der Waals surface area contributed by atoms with Gasteiger partial charge in [-0.25, -0.2) is 0 Å². The maximum Gasteiger partial charge on any atom is 0.324 e. The first-order valence-corrected chi connectivity index (χ1v) is 6.40. The van der Waals surface area contributed by atoms with Gasteiger partial charge in [-0.3, -0.25) is 14.4 Å². The van der Waals surface area contributed by atoms with E-state index in [0.29, 0.717) is 0 Å². The van der Waals surface area contributed by atoms with Crippen molar-refractivity contribution in [3.8, 4) is 6.07 Å². The first-order chi connectivity index (χ1) is 9.51. The number of hydrogen-bond donors (Lipinski definition) is 0. The summed E-state index contributed by atoms with van der Waals surface area (Å²) in [5.41, 5.74) is 0. The molecule has 0 rings (SSSR count). The molecule has 112 valence electrons. The van der Waals surface area contributed by atoms with E-state index in [0.717, 1.165) is 0 Å². The Bertz CT molecular complexity index is 387. The highest BCUT2D eigenvalue weighted by Crippen LogP contribution is 2.20. The molecule has 0 aliphatic carbocycles. The number of hydrogen-bond acceptors (Lipinski definition) is 7. The van der Waals surface area contributed by atoms with Crippen LogP contribution >= 0.6 is 0 Å². The van der Waals surface area contributed by atoms with Gasteiger partial charge in [0.1, 0.15) is 0 Å². The van der Waals surface area contributed by atoms with Crippen molar-refractivity contribution < 1.29 is 28.6 Å². The number of esters is 3. The van der Waals surface area contributed by atoms with Crippen LogP contribution in [0, 0.1) is 23.2 Å². The SMILES string of the molecule is CCOC(=O)C[C@H](C(=O)OCC)[C@H](C#N)C(=O)OCC. The molecule has 0 bridgehead atoms. The van der Waals surface area contributed by atoms with E-state index in [4.69, 9.17) is 19.5 Å². The molecule has 0 amide bonds. The molecule has 0 heterocycles. The van der Waals surface area contributed by atoms with E-state index >= 15 is 0 Å². The van der Waals surface area contributed by atoms with Gasteiger partial charge in [0.15, 0.2) is 5.92 Å². The van der Waals surface area contributed by atoms with Crippen molar-refractivity contribution in [2.45, 2.75) is 27.2 Å². The summed E-state index contributed by atoms with van der Waals surface area (Å²) in [4.78, 5) is 34.9. The summed E-state index contributed by atoms with van der Waals surface area (Å²) in [6, 6.07) is 1.69. The van der Waals surface area contributed by atoms with Gasteiger partial charge in [0, 0.05) is 0 Å². The van der Waals surface area contributed by atoms with Crippen LogP contribution in [0.25, 0.3) is 0 Å². The standard InChI is InChI=1S/C13H19NO6/c1-4-18-11(15)7-9(12(16)19-5-2)10(8-14)13(17)20-6-3/h9-10H,4-7H2,1-3H3/t9-,10-/m0/s1. The quantitative estimate of drug-likeness (QED) is 0.480. The zero-order chi connectivity index (χ0) is 15.5. The van der Waals surface area contributed by atoms with E-state index in [1.807, 2.05) is 0 Å². The van der Waals surface area contributed by atoms with E-state index in [2.05, 4.69) is 0 Å². The lowest BCUT2D eigenvalue weighted by atomic mass is 9.90. The first kappa shape index (κ1) is 17.9. The fourth-order valence-electron chi connectivity index (χ4n) is 1.53. The maximum atomic E-state index is 11.8. The molecule has 0 unspecified atom stereocenters. The Morgan fingerprint density at radius 1 is 0.950 bits per heavy atom. The second kappa shape index (κ2) is 9.78. The van der Waals surface area contributed by atoms with Gasteiger partial charge in [0.2, 0.25) is 0 Å². The van der Waals surface area contributed by atoms with E-state index in [1.165, 1.54) is 0 Å². The van der Waals surface area contributed by atoms with Gasteiger partial charge in [-0.15, -0.1) is 0 Å². The van der Waals surface area contributed by atoms with E-state index in [-0.39, 0.29) is 19.8 Å². The van der Waals surface area contributed by atoms with Crippen molar-refractivity contribution in [2.75, 3.05) is 19.8 Å². The zero-order valence-corrected chi connectivity index (χ0v) is 11.9. The van der Waals surface area contributed by atoms with Gasteiger partial charge < -0.3 is 14.2 Å². The fraction of sp³-hybridized carbons (Fsp3) is 0.692. The summed E-state index contributed by atoms with van der Waals surface area (Å²) in [5, 5.41) is 9.04. The molecule has 7 heteroatoms. The molecule has 7 nitrogen and oxygen atoms in total. The van der Waals surface area contributed by atoms with Crippen LogP contribution in [-0.2, 0) is 28.6 Å². The van der Waals surface area contributed by atoms with Crippen molar-refractivity contribution >= 4 is 17.9 Å². The molecule has 0 aromatic heterocycles. The van der Waals surface area contributed by atoms with Crippen molar-refractivity contribution in [3.05, 3.63) is 0 Å². The van der Waals surface area contributed by atoms with Gasteiger partial charge in [-0.05, 0) is 20.8 Å². The molecule has 0 aliphatic heterocycles. The van der Waals surface area contributed by atoms with Gasteiger partial charge in [-0.2, -0.15) is 5.26 Å². The molecular weight excluding hydrogens is 266 g/mol. The third kappa shape index (κ3) is 5.69. The summed E-state index contributed by atoms with van der Waals surface area (Å²) < 4.78 is 14.2. The Morgan fingerprint density at radius 3 is 1.90 bits per heavy atom. The van der Waals surface area contributed by atoms with E-state index in [1.54, 1.807) is 26.8 Å². The Morgan fingerprint density at radius 2 is 1.45 bits per heavy atom. The van der Waals surface area contributed by atoms with Gasteiger partial charge in [0.25, 0.3) is 0 Å². The molecule has 0 aromatic carbocycles. The molecule has 0 N–H and O–H groups in total. The van der Waals surface area contributed by atoms with Crippen LogP contribution in [0.5, 0.6) is 0 Å². The Balaban J connectivity index is 5.07. The summed E-state index contributed by atoms with van der Waals surface area (Å²) in [6.07, 6.45) is -0.399. The number of nitriles is 1. The number of ether oxygens (including phenoxy) is 3. The van der Waals surface area contributed by atoms with Crippen LogP contribution in [-0.4, -0.2) is 37.7 Å². The number of carbonyl (C=O) groups excluding carboxylic acids is 3. The van der Waals surface area contributed by atoms with Gasteiger partial charge in [-0.1, -0.05) is 0 Å². The summed E-state index contributed by atoms with van der Waals surface area (Å²) in [5.74, 6) is -4.93. The minimum atomic E-state index is -1.39. The van der Waals surface area contributed by atoms with Gasteiger partial charge in [0.05, 0.1) is 38.2 Å². The maximum absolute atomic E-state index is 11.8. The lowest BCUT2D eigenvalue weighted by Gasteiger charge is -2.18. The van der Waals surface area contributed by atoms with Crippen molar-refractivity contribution in [2.24, 2.45) is 11.8 Å². The summed E-state index contributed by atoms with van der Waals surface area (Å²) >= 11 is 0. The third-order valence-corrected chi connectivity index (χ3v) is 2.36. The van der Waals surface area contributed by atoms with Crippen LogP contribution in [0.2, 0.25) is 0 Å². The molecule has 0 spiro atoms. The molecule has 0 fully saturated rings. The largest absolute Gasteiger partial charge is 0.466 e. The van der Waals surface area contributed by atoms with Crippen molar-refractivity contribution in [1.82, 2.24) is 0 Å². The molecule has 20 heavy (non-hydrogen) atoms. The number of nitrogens with zero attached hydrogens (tertiary/aromatic N) is 1. The van der Waals surface area contributed by atoms with E-state index < -0.39 is 36.2 Å². The van der Waals surface area contributed by atoms with Gasteiger partial charge >= 0.3 is 17.9 Å². The third-order valence-electron chi connectivity index (χ3n) is 2.36. The second-order valence-corrected chi connectivity index (χ2v) is 3.73. The molecular formula is C13H19NO6. The minimum absolute atomic E-state index is 0.0754. The molecule has 0 aliphatic rings. The second-order valence-electron chi connectivity index (χ2n) is 3.73. The van der Waals surface area contributed by atoms with Crippen LogP contribution in [0.1, 0.15) is 27.2 Å². The highest BCUT2D eigenvalue weighted by atomic mass is 16.5. The normalized spacial score (nSPS) is 12.7. The minimum Gasteiger partial charge on any atom is -0.466 e. The lowest BCUT2D eigenvalue weighted by molar-refractivity contribution is -0.161. The van der Waals surface area contributed by atoms with Crippen molar-refractivity contribution in [1.29, 1.82) is 5.26 Å². The van der Waals surface area contributed by atoms with Crippen LogP contribution in [0.4, 0.5) is 0 Å². The average molecular weight is 285 g/mol. The Labute approximate surface area is 117 Å². The van der Waals surface area contributed by atoms with Crippen molar-refractivity contribution in [3.63, 3.8) is 0 Å². The number of rotatable bonds is 8. The monoisotopic (exact) mass is 285 g/mol. The first-order valence-electron chi connectivity index (χ1n) is 6.40. The number of carbonyl (C=O) groups is 3. The predicted octanol–water partition coefficient (Wildman–Crippen LogP) is 0.822. The van der Waals surface area contributed by atoms with Crippen LogP contribution < -0.4 is 0 Å². The average Bonchev–Trinajstić information content (AvgIpc) is 2.39. The fourth-order valence-corrected chi connectivity index (χ4v) is 1.53. The molecule has 0 radical (unpaired) electrons. The highest BCUT2D eigenvalue weighted by molar-refractivity contribution is 5.87. The zero-order valence-electron chi connectivity index (χ0n) is 11.9. The van der Waals surface area contributed by atoms with Crippen LogP contribution in [0.15, 0.2) is 0 Å². The molecule has 0 saturated carbocycles. The van der Waals surface area contributed by atoms with E-state index in [9.17, 15) is 14.4 Å². The Kier molecular flexibility index (Phi) is 8.75. The topological polar surface area (TPSA) is 103 Å². The molecule has 2 atom stereocenters. The smallest absolute Gasteiger partial charge is 0.324 e. The Hall–Kier alpha value is -2.10. The molecule has 0 aromatic rings. The predicted molar refractivity (Wildman–Crippen MR) is 67.1 cm³/mol. The lowest BCUT2D eigenvalue weighted by Crippen LogP contribution is -2.34. The molecule has 0 saturated heterocycles.